The van der Waals surface area contributed by atoms with Crippen molar-refractivity contribution in [1.29, 1.82) is 0 Å². The lowest BCUT2D eigenvalue weighted by molar-refractivity contribution is -0.115. The molecule has 0 saturated heterocycles. The molecule has 7 heteroatoms. The van der Waals surface area contributed by atoms with E-state index in [4.69, 9.17) is 14.2 Å². The maximum absolute atomic E-state index is 12.2. The minimum absolute atomic E-state index is 0.138. The van der Waals surface area contributed by atoms with Crippen molar-refractivity contribution >= 4 is 17.5 Å². The summed E-state index contributed by atoms with van der Waals surface area (Å²) in [6.45, 7) is 4.58. The van der Waals surface area contributed by atoms with Crippen LogP contribution in [0.5, 0.6) is 17.2 Å². The highest BCUT2D eigenvalue weighted by Crippen LogP contribution is 2.32. The van der Waals surface area contributed by atoms with Crippen molar-refractivity contribution in [3.05, 3.63) is 47.5 Å². The van der Waals surface area contributed by atoms with Crippen LogP contribution < -0.4 is 24.8 Å². The Morgan fingerprint density at radius 3 is 2.70 bits per heavy atom. The number of carbonyl (C=O) groups is 2. The maximum Gasteiger partial charge on any atom is 0.251 e. The molecule has 27 heavy (non-hydrogen) atoms. The van der Waals surface area contributed by atoms with Crippen molar-refractivity contribution < 1.29 is 23.8 Å². The van der Waals surface area contributed by atoms with Crippen LogP contribution in [-0.4, -0.2) is 31.8 Å². The number of anilines is 1. The van der Waals surface area contributed by atoms with Gasteiger partial charge >= 0.3 is 0 Å². The van der Waals surface area contributed by atoms with E-state index in [0.717, 1.165) is 17.7 Å². The number of aryl methyl sites for hydroxylation is 1. The minimum atomic E-state index is -0.358. The van der Waals surface area contributed by atoms with E-state index in [9.17, 15) is 9.59 Å². The van der Waals surface area contributed by atoms with E-state index in [1.165, 1.54) is 0 Å². The number of rotatable bonds is 7. The van der Waals surface area contributed by atoms with Crippen LogP contribution in [0, 0.1) is 6.92 Å². The summed E-state index contributed by atoms with van der Waals surface area (Å²) in [6, 6.07) is 10.4. The molecule has 1 heterocycles. The molecule has 0 spiro atoms. The van der Waals surface area contributed by atoms with Crippen molar-refractivity contribution in [2.24, 2.45) is 0 Å². The standard InChI is InChI=1S/C20H22N2O5/c1-3-8-25-15-5-6-16(13(2)9-15)22-19(23)11-21-20(24)14-4-7-17-18(10-14)27-12-26-17/h4-7,9-10H,3,8,11-12H2,1-2H3,(H,21,24)(H,22,23). The molecule has 0 unspecified atom stereocenters. The van der Waals surface area contributed by atoms with E-state index < -0.39 is 0 Å². The summed E-state index contributed by atoms with van der Waals surface area (Å²) >= 11 is 0. The molecule has 0 fully saturated rings. The number of hydrogen-bond donors (Lipinski definition) is 2. The van der Waals surface area contributed by atoms with Gasteiger partial charge < -0.3 is 24.8 Å². The molecule has 142 valence electrons. The first-order chi connectivity index (χ1) is 13.1. The second-order valence-electron chi connectivity index (χ2n) is 6.12. The molecule has 1 aliphatic rings. The first-order valence-corrected chi connectivity index (χ1v) is 8.78. The van der Waals surface area contributed by atoms with Gasteiger partial charge in [0.05, 0.1) is 13.2 Å². The number of fused-ring (bicyclic) bond motifs is 1. The first-order valence-electron chi connectivity index (χ1n) is 8.78. The molecule has 1 aliphatic heterocycles. The Hall–Kier alpha value is -3.22. The Balaban J connectivity index is 1.53. The molecule has 2 N–H and O–H groups in total. The largest absolute Gasteiger partial charge is 0.494 e. The Bertz CT molecular complexity index is 850. The van der Waals surface area contributed by atoms with Crippen molar-refractivity contribution in [3.8, 4) is 17.2 Å². The highest BCUT2D eigenvalue weighted by atomic mass is 16.7. The summed E-state index contributed by atoms with van der Waals surface area (Å²) in [7, 11) is 0. The quantitative estimate of drug-likeness (QED) is 0.783. The fourth-order valence-electron chi connectivity index (χ4n) is 2.58. The van der Waals surface area contributed by atoms with Gasteiger partial charge in [-0.3, -0.25) is 9.59 Å². The summed E-state index contributed by atoms with van der Waals surface area (Å²) in [5, 5.41) is 5.38. The number of ether oxygens (including phenoxy) is 3. The van der Waals surface area contributed by atoms with Crippen LogP contribution in [0.3, 0.4) is 0 Å². The predicted molar refractivity (Wildman–Crippen MR) is 100 cm³/mol. The molecule has 0 aliphatic carbocycles. The molecule has 0 saturated carbocycles. The van der Waals surface area contributed by atoms with Gasteiger partial charge in [0.25, 0.3) is 5.91 Å². The summed E-state index contributed by atoms with van der Waals surface area (Å²) in [5.41, 5.74) is 1.97. The molecular formula is C20H22N2O5. The maximum atomic E-state index is 12.2. The highest BCUT2D eigenvalue weighted by molar-refractivity contribution is 5.99. The molecule has 0 radical (unpaired) electrons. The Morgan fingerprint density at radius 1 is 1.11 bits per heavy atom. The molecule has 2 aromatic rings. The van der Waals surface area contributed by atoms with Crippen molar-refractivity contribution in [2.75, 3.05) is 25.3 Å². The van der Waals surface area contributed by atoms with Gasteiger partial charge in [-0.1, -0.05) is 6.92 Å². The van der Waals surface area contributed by atoms with Crippen LogP contribution in [0.4, 0.5) is 5.69 Å². The summed E-state index contributed by atoms with van der Waals surface area (Å²) in [6.07, 6.45) is 0.931. The van der Waals surface area contributed by atoms with Crippen LogP contribution in [0.1, 0.15) is 29.3 Å². The topological polar surface area (TPSA) is 85.9 Å². The molecule has 3 rings (SSSR count). The summed E-state index contributed by atoms with van der Waals surface area (Å²) in [4.78, 5) is 24.4. The van der Waals surface area contributed by atoms with Crippen LogP contribution in [-0.2, 0) is 4.79 Å². The fourth-order valence-corrected chi connectivity index (χ4v) is 2.58. The molecule has 2 aromatic carbocycles. The zero-order chi connectivity index (χ0) is 19.2. The molecule has 2 amide bonds. The number of nitrogens with one attached hydrogen (secondary N) is 2. The summed E-state index contributed by atoms with van der Waals surface area (Å²) < 4.78 is 16.0. The monoisotopic (exact) mass is 370 g/mol. The highest BCUT2D eigenvalue weighted by Gasteiger charge is 2.16. The molecule has 0 aromatic heterocycles. The minimum Gasteiger partial charge on any atom is -0.494 e. The zero-order valence-corrected chi connectivity index (χ0v) is 15.3. The Morgan fingerprint density at radius 2 is 1.93 bits per heavy atom. The predicted octanol–water partition coefficient (Wildman–Crippen LogP) is 2.88. The van der Waals surface area contributed by atoms with Crippen LogP contribution in [0.15, 0.2) is 36.4 Å². The second kappa shape index (κ2) is 8.44. The van der Waals surface area contributed by atoms with Gasteiger partial charge in [0.15, 0.2) is 11.5 Å². The third kappa shape index (κ3) is 4.69. The molecule has 7 nitrogen and oxygen atoms in total. The van der Waals surface area contributed by atoms with E-state index >= 15 is 0 Å². The van der Waals surface area contributed by atoms with Crippen LogP contribution >= 0.6 is 0 Å². The van der Waals surface area contributed by atoms with Crippen molar-refractivity contribution in [1.82, 2.24) is 5.32 Å². The second-order valence-corrected chi connectivity index (χ2v) is 6.12. The van der Waals surface area contributed by atoms with Gasteiger partial charge in [-0.25, -0.2) is 0 Å². The van der Waals surface area contributed by atoms with Gasteiger partial charge in [-0.2, -0.15) is 0 Å². The van der Waals surface area contributed by atoms with Crippen LogP contribution in [0.2, 0.25) is 0 Å². The van der Waals surface area contributed by atoms with Crippen molar-refractivity contribution in [2.45, 2.75) is 20.3 Å². The molecular weight excluding hydrogens is 348 g/mol. The fraction of sp³-hybridized carbons (Fsp3) is 0.300. The normalized spacial score (nSPS) is 11.8. The van der Waals surface area contributed by atoms with Crippen LogP contribution in [0.25, 0.3) is 0 Å². The zero-order valence-electron chi connectivity index (χ0n) is 15.3. The summed E-state index contributed by atoms with van der Waals surface area (Å²) in [5.74, 6) is 1.22. The van der Waals surface area contributed by atoms with Gasteiger partial charge in [0.2, 0.25) is 12.7 Å². The SMILES string of the molecule is CCCOc1ccc(NC(=O)CNC(=O)c2ccc3c(c2)OCO3)c(C)c1. The third-order valence-electron chi connectivity index (χ3n) is 3.99. The Labute approximate surface area is 157 Å². The lowest BCUT2D eigenvalue weighted by Gasteiger charge is -2.11. The van der Waals surface area contributed by atoms with Gasteiger partial charge in [-0.05, 0) is 55.3 Å². The lowest BCUT2D eigenvalue weighted by atomic mass is 10.2. The average Bonchev–Trinajstić information content (AvgIpc) is 3.14. The van der Waals surface area contributed by atoms with E-state index in [-0.39, 0.29) is 25.2 Å². The third-order valence-corrected chi connectivity index (χ3v) is 3.99. The number of benzene rings is 2. The number of carbonyl (C=O) groups excluding carboxylic acids is 2. The van der Waals surface area contributed by atoms with E-state index in [0.29, 0.717) is 29.4 Å². The molecule has 0 atom stereocenters. The van der Waals surface area contributed by atoms with E-state index in [1.54, 1.807) is 24.3 Å². The Kier molecular flexibility index (Phi) is 5.80. The van der Waals surface area contributed by atoms with Crippen molar-refractivity contribution in [3.63, 3.8) is 0 Å². The van der Waals surface area contributed by atoms with Gasteiger partial charge in [-0.15, -0.1) is 0 Å². The smallest absolute Gasteiger partial charge is 0.251 e. The number of amides is 2. The van der Waals surface area contributed by atoms with E-state index in [1.807, 2.05) is 26.0 Å². The number of hydrogen-bond acceptors (Lipinski definition) is 5. The van der Waals surface area contributed by atoms with Gasteiger partial charge in [0.1, 0.15) is 5.75 Å². The molecule has 0 bridgehead atoms. The van der Waals surface area contributed by atoms with Gasteiger partial charge in [0, 0.05) is 11.3 Å². The van der Waals surface area contributed by atoms with E-state index in [2.05, 4.69) is 10.6 Å². The average molecular weight is 370 g/mol. The lowest BCUT2D eigenvalue weighted by Crippen LogP contribution is -2.33. The first kappa shape index (κ1) is 18.6.